The van der Waals surface area contributed by atoms with Crippen molar-refractivity contribution in [3.63, 3.8) is 0 Å². The van der Waals surface area contributed by atoms with Crippen molar-refractivity contribution in [2.45, 2.75) is 45.2 Å². The fraction of sp³-hybridized carbons (Fsp3) is 0.700. The molecule has 2 atom stereocenters. The molecule has 5 heteroatoms. The van der Waals surface area contributed by atoms with E-state index in [2.05, 4.69) is 16.7 Å². The first-order valence-corrected chi connectivity index (χ1v) is 9.51. The maximum Gasteiger partial charge on any atom is 0.200 e. The van der Waals surface area contributed by atoms with Gasteiger partial charge in [0.25, 0.3) is 0 Å². The lowest BCUT2D eigenvalue weighted by atomic mass is 9.86. The summed E-state index contributed by atoms with van der Waals surface area (Å²) in [6.07, 6.45) is 5.53. The Morgan fingerprint density at radius 1 is 1.04 bits per heavy atom. The van der Waals surface area contributed by atoms with Gasteiger partial charge in [-0.1, -0.05) is 19.8 Å². The molecule has 140 valence electrons. The van der Waals surface area contributed by atoms with Crippen molar-refractivity contribution in [2.75, 3.05) is 40.4 Å². The van der Waals surface area contributed by atoms with Crippen LogP contribution >= 0.6 is 0 Å². The van der Waals surface area contributed by atoms with Crippen molar-refractivity contribution in [1.82, 2.24) is 9.80 Å². The van der Waals surface area contributed by atoms with Crippen LogP contribution in [0.5, 0.6) is 17.2 Å². The van der Waals surface area contributed by atoms with E-state index in [1.54, 1.807) is 14.2 Å². The smallest absolute Gasteiger partial charge is 0.200 e. The summed E-state index contributed by atoms with van der Waals surface area (Å²) >= 11 is 0. The number of hydrogen-bond acceptors (Lipinski definition) is 5. The second-order valence-electron chi connectivity index (χ2n) is 7.59. The molecule has 1 heterocycles. The molecule has 0 radical (unpaired) electrons. The summed E-state index contributed by atoms with van der Waals surface area (Å²) in [7, 11) is 3.14. The number of phenols is 1. The largest absolute Gasteiger partial charge is 0.502 e. The van der Waals surface area contributed by atoms with E-state index in [9.17, 15) is 5.11 Å². The van der Waals surface area contributed by atoms with Crippen LogP contribution in [-0.4, -0.2) is 61.3 Å². The first-order valence-electron chi connectivity index (χ1n) is 9.51. The number of phenolic OH excluding ortho intramolecular Hbond substituents is 1. The van der Waals surface area contributed by atoms with Crippen molar-refractivity contribution in [3.8, 4) is 17.2 Å². The molecule has 3 rings (SSSR count). The number of rotatable bonds is 5. The second kappa shape index (κ2) is 8.28. The summed E-state index contributed by atoms with van der Waals surface area (Å²) in [6, 6.07) is 4.61. The minimum absolute atomic E-state index is 0.0741. The lowest BCUT2D eigenvalue weighted by Crippen LogP contribution is -2.50. The van der Waals surface area contributed by atoms with Crippen LogP contribution in [0.3, 0.4) is 0 Å². The maximum atomic E-state index is 10.0. The lowest BCUT2D eigenvalue weighted by molar-refractivity contribution is 0.0658. The Balaban J connectivity index is 1.57. The van der Waals surface area contributed by atoms with Gasteiger partial charge in [-0.25, -0.2) is 0 Å². The molecule has 1 aliphatic carbocycles. The van der Waals surface area contributed by atoms with Gasteiger partial charge in [-0.3, -0.25) is 9.80 Å². The molecule has 5 nitrogen and oxygen atoms in total. The molecule has 1 aromatic rings. The molecule has 0 bridgehead atoms. The van der Waals surface area contributed by atoms with Gasteiger partial charge in [-0.2, -0.15) is 0 Å². The molecule has 0 spiro atoms. The number of ether oxygens (including phenoxy) is 2. The zero-order chi connectivity index (χ0) is 17.8. The Kier molecular flexibility index (Phi) is 6.07. The number of piperazine rings is 1. The Morgan fingerprint density at radius 2 is 1.68 bits per heavy atom. The highest BCUT2D eigenvalue weighted by Crippen LogP contribution is 2.37. The molecule has 1 N–H and O–H groups in total. The van der Waals surface area contributed by atoms with Gasteiger partial charge in [-0.15, -0.1) is 0 Å². The number of benzene rings is 1. The second-order valence-corrected chi connectivity index (χ2v) is 7.59. The number of methoxy groups -OCH3 is 2. The monoisotopic (exact) mass is 348 g/mol. The van der Waals surface area contributed by atoms with Crippen molar-refractivity contribution in [1.29, 1.82) is 0 Å². The molecule has 1 aliphatic heterocycles. The van der Waals surface area contributed by atoms with E-state index in [1.165, 1.54) is 25.7 Å². The minimum atomic E-state index is 0.0741. The summed E-state index contributed by atoms with van der Waals surface area (Å²) in [5, 5.41) is 10.0. The van der Waals surface area contributed by atoms with Crippen LogP contribution < -0.4 is 9.47 Å². The maximum absolute atomic E-state index is 10.0. The first-order chi connectivity index (χ1) is 12.1. The third-order valence-corrected chi connectivity index (χ3v) is 5.78. The fourth-order valence-electron chi connectivity index (χ4n) is 4.32. The fourth-order valence-corrected chi connectivity index (χ4v) is 4.32. The van der Waals surface area contributed by atoms with Gasteiger partial charge >= 0.3 is 0 Å². The molecule has 1 saturated heterocycles. The van der Waals surface area contributed by atoms with Gasteiger partial charge in [0.05, 0.1) is 14.2 Å². The molecule has 25 heavy (non-hydrogen) atoms. The van der Waals surface area contributed by atoms with E-state index in [1.807, 2.05) is 12.1 Å². The topological polar surface area (TPSA) is 45.2 Å². The molecule has 0 amide bonds. The Hall–Kier alpha value is -1.46. The highest BCUT2D eigenvalue weighted by molar-refractivity contribution is 5.52. The van der Waals surface area contributed by atoms with Gasteiger partial charge in [0.2, 0.25) is 5.75 Å². The van der Waals surface area contributed by atoms with Crippen molar-refractivity contribution in [3.05, 3.63) is 17.7 Å². The predicted octanol–water partition coefficient (Wildman–Crippen LogP) is 3.11. The van der Waals surface area contributed by atoms with Crippen LogP contribution in [0.4, 0.5) is 0 Å². The van der Waals surface area contributed by atoms with Gasteiger partial charge in [0.15, 0.2) is 11.5 Å². The Labute approximate surface area is 151 Å². The first kappa shape index (κ1) is 18.3. The number of hydrogen-bond donors (Lipinski definition) is 1. The van der Waals surface area contributed by atoms with E-state index < -0.39 is 0 Å². The van der Waals surface area contributed by atoms with E-state index in [0.717, 1.165) is 50.2 Å². The number of nitrogens with zero attached hydrogens (tertiary/aromatic N) is 2. The molecule has 1 aromatic carbocycles. The third-order valence-electron chi connectivity index (χ3n) is 5.78. The third kappa shape index (κ3) is 4.39. The minimum Gasteiger partial charge on any atom is -0.502 e. The average molecular weight is 348 g/mol. The number of aromatic hydroxyl groups is 1. The summed E-state index contributed by atoms with van der Waals surface area (Å²) in [5.41, 5.74) is 1.12. The summed E-state index contributed by atoms with van der Waals surface area (Å²) in [5.74, 6) is 1.91. The van der Waals surface area contributed by atoms with Gasteiger partial charge in [-0.05, 0) is 36.5 Å². The van der Waals surface area contributed by atoms with E-state index in [-0.39, 0.29) is 5.75 Å². The van der Waals surface area contributed by atoms with Crippen LogP contribution in [-0.2, 0) is 6.54 Å². The summed E-state index contributed by atoms with van der Waals surface area (Å²) in [4.78, 5) is 5.18. The highest BCUT2D eigenvalue weighted by Gasteiger charge is 2.27. The zero-order valence-electron chi connectivity index (χ0n) is 15.8. The molecule has 0 unspecified atom stereocenters. The molecular formula is C20H32N2O3. The SMILES string of the molecule is COc1cc(CN2CCN([C@@H]3CCC[C@@H](C)C3)CC2)cc(OC)c1O. The van der Waals surface area contributed by atoms with Crippen LogP contribution in [0.1, 0.15) is 38.2 Å². The summed E-state index contributed by atoms with van der Waals surface area (Å²) < 4.78 is 10.5. The van der Waals surface area contributed by atoms with Gasteiger partial charge in [0, 0.05) is 38.8 Å². The van der Waals surface area contributed by atoms with Crippen molar-refractivity contribution in [2.24, 2.45) is 5.92 Å². The molecule has 0 aromatic heterocycles. The van der Waals surface area contributed by atoms with Crippen LogP contribution in [0.15, 0.2) is 12.1 Å². The van der Waals surface area contributed by atoms with E-state index >= 15 is 0 Å². The van der Waals surface area contributed by atoms with Crippen LogP contribution in [0, 0.1) is 5.92 Å². The average Bonchev–Trinajstić information content (AvgIpc) is 2.63. The quantitative estimate of drug-likeness (QED) is 0.886. The highest BCUT2D eigenvalue weighted by atomic mass is 16.5. The molecular weight excluding hydrogens is 316 g/mol. The lowest BCUT2D eigenvalue weighted by Gasteiger charge is -2.42. The van der Waals surface area contributed by atoms with Crippen LogP contribution in [0.2, 0.25) is 0 Å². The normalized spacial score (nSPS) is 25.7. The van der Waals surface area contributed by atoms with Crippen molar-refractivity contribution < 1.29 is 14.6 Å². The van der Waals surface area contributed by atoms with Gasteiger partial charge < -0.3 is 14.6 Å². The molecule has 2 fully saturated rings. The molecule has 1 saturated carbocycles. The Bertz CT molecular complexity index is 545. The molecule has 2 aliphatic rings. The van der Waals surface area contributed by atoms with Gasteiger partial charge in [0.1, 0.15) is 0 Å². The predicted molar refractivity (Wildman–Crippen MR) is 99.5 cm³/mol. The zero-order valence-corrected chi connectivity index (χ0v) is 15.8. The Morgan fingerprint density at radius 3 is 2.24 bits per heavy atom. The van der Waals surface area contributed by atoms with E-state index in [0.29, 0.717) is 11.5 Å². The van der Waals surface area contributed by atoms with Crippen molar-refractivity contribution >= 4 is 0 Å². The standard InChI is InChI=1S/C20H32N2O3/c1-15-5-4-6-17(11-15)22-9-7-21(8-10-22)14-16-12-18(24-2)20(23)19(13-16)25-3/h12-13,15,17,23H,4-11,14H2,1-3H3/t15-,17-/m1/s1. The van der Waals surface area contributed by atoms with Crippen LogP contribution in [0.25, 0.3) is 0 Å². The van der Waals surface area contributed by atoms with E-state index in [4.69, 9.17) is 9.47 Å². The summed E-state index contributed by atoms with van der Waals surface area (Å²) in [6.45, 7) is 7.76.